The third-order valence-corrected chi connectivity index (χ3v) is 4.44. The van der Waals surface area contributed by atoms with E-state index >= 15 is 0 Å². The summed E-state index contributed by atoms with van der Waals surface area (Å²) in [4.78, 5) is 14.1. The van der Waals surface area contributed by atoms with Gasteiger partial charge in [-0.25, -0.2) is 0 Å². The van der Waals surface area contributed by atoms with Crippen LogP contribution in [0, 0.1) is 0 Å². The van der Waals surface area contributed by atoms with Gasteiger partial charge in [-0.2, -0.15) is 0 Å². The van der Waals surface area contributed by atoms with Crippen molar-refractivity contribution in [3.63, 3.8) is 0 Å². The summed E-state index contributed by atoms with van der Waals surface area (Å²) in [5, 5.41) is 0. The van der Waals surface area contributed by atoms with Crippen molar-refractivity contribution in [2.75, 3.05) is 20.3 Å². The van der Waals surface area contributed by atoms with E-state index in [1.54, 1.807) is 7.11 Å². The van der Waals surface area contributed by atoms with Gasteiger partial charge in [0.25, 0.3) is 0 Å². The van der Waals surface area contributed by atoms with E-state index in [1.807, 2.05) is 17.0 Å². The summed E-state index contributed by atoms with van der Waals surface area (Å²) in [6.45, 7) is 7.39. The monoisotopic (exact) mass is 317 g/mol. The van der Waals surface area contributed by atoms with Crippen molar-refractivity contribution in [3.8, 4) is 11.5 Å². The summed E-state index contributed by atoms with van der Waals surface area (Å²) in [5.41, 5.74) is 2.10. The molecule has 2 unspecified atom stereocenters. The van der Waals surface area contributed by atoms with Crippen molar-refractivity contribution < 1.29 is 19.0 Å². The van der Waals surface area contributed by atoms with Gasteiger partial charge in [0.2, 0.25) is 5.91 Å². The Bertz CT molecular complexity index is 607. The molecule has 23 heavy (non-hydrogen) atoms. The van der Waals surface area contributed by atoms with Crippen LogP contribution >= 0.6 is 0 Å². The average molecular weight is 317 g/mol. The molecule has 5 nitrogen and oxygen atoms in total. The van der Waals surface area contributed by atoms with Gasteiger partial charge in [-0.15, -0.1) is 0 Å². The molecule has 0 aliphatic carbocycles. The molecule has 2 atom stereocenters. The largest absolute Gasteiger partial charge is 0.496 e. The van der Waals surface area contributed by atoms with Crippen LogP contribution in [-0.4, -0.2) is 43.3 Å². The fourth-order valence-corrected chi connectivity index (χ4v) is 3.25. The maximum absolute atomic E-state index is 12.3. The molecule has 1 saturated heterocycles. The first-order chi connectivity index (χ1) is 11.1. The van der Waals surface area contributed by atoms with Crippen LogP contribution in [-0.2, 0) is 22.5 Å². The zero-order chi connectivity index (χ0) is 16.4. The van der Waals surface area contributed by atoms with Crippen LogP contribution in [0.15, 0.2) is 24.8 Å². The first-order valence-corrected chi connectivity index (χ1v) is 7.99. The number of fused-ring (bicyclic) bond motifs is 1. The molecule has 0 bridgehead atoms. The predicted octanol–water partition coefficient (Wildman–Crippen LogP) is 2.32. The standard InChI is InChI=1S/C18H23NO4/c1-4-18(20)19(15-5-6-22-11-15)10-14-9-17-13(7-12(2)23-17)8-16(14)21-3/h4,8-9,12,15H,1,5-7,10-11H2,2-3H3. The summed E-state index contributed by atoms with van der Waals surface area (Å²) in [5.74, 6) is 1.60. The van der Waals surface area contributed by atoms with Crippen molar-refractivity contribution in [3.05, 3.63) is 35.9 Å². The quantitative estimate of drug-likeness (QED) is 0.782. The number of ether oxygens (including phenoxy) is 3. The van der Waals surface area contributed by atoms with Gasteiger partial charge in [-0.1, -0.05) is 6.58 Å². The van der Waals surface area contributed by atoms with Gasteiger partial charge in [0, 0.05) is 24.2 Å². The number of nitrogens with zero attached hydrogens (tertiary/aromatic N) is 1. The molecule has 2 aliphatic heterocycles. The first-order valence-electron chi connectivity index (χ1n) is 7.99. The molecular formula is C18H23NO4. The maximum atomic E-state index is 12.3. The number of rotatable bonds is 5. The highest BCUT2D eigenvalue weighted by Gasteiger charge is 2.28. The molecule has 2 aliphatic rings. The number of amides is 1. The molecule has 0 N–H and O–H groups in total. The normalized spacial score (nSPS) is 22.3. The second-order valence-corrected chi connectivity index (χ2v) is 6.09. The summed E-state index contributed by atoms with van der Waals surface area (Å²) >= 11 is 0. The third kappa shape index (κ3) is 3.20. The van der Waals surface area contributed by atoms with Crippen molar-refractivity contribution in [1.82, 2.24) is 4.90 Å². The van der Waals surface area contributed by atoms with Crippen LogP contribution in [0.3, 0.4) is 0 Å². The van der Waals surface area contributed by atoms with Gasteiger partial charge >= 0.3 is 0 Å². The Balaban J connectivity index is 1.88. The minimum Gasteiger partial charge on any atom is -0.496 e. The summed E-state index contributed by atoms with van der Waals surface area (Å²) in [6.07, 6.45) is 3.27. The van der Waals surface area contributed by atoms with Crippen LogP contribution in [0.2, 0.25) is 0 Å². The zero-order valence-electron chi connectivity index (χ0n) is 13.7. The van der Waals surface area contributed by atoms with E-state index in [1.165, 1.54) is 6.08 Å². The first kappa shape index (κ1) is 15.9. The minimum atomic E-state index is -0.0858. The molecule has 0 radical (unpaired) electrons. The van der Waals surface area contributed by atoms with E-state index in [0.29, 0.717) is 19.8 Å². The Hall–Kier alpha value is -2.01. The molecule has 124 valence electrons. The van der Waals surface area contributed by atoms with E-state index in [9.17, 15) is 4.79 Å². The van der Waals surface area contributed by atoms with Crippen molar-refractivity contribution in [2.45, 2.75) is 38.5 Å². The second-order valence-electron chi connectivity index (χ2n) is 6.09. The molecule has 0 aromatic heterocycles. The Morgan fingerprint density at radius 3 is 3.00 bits per heavy atom. The lowest BCUT2D eigenvalue weighted by Gasteiger charge is -2.28. The number of carbonyl (C=O) groups is 1. The van der Waals surface area contributed by atoms with Crippen LogP contribution in [0.5, 0.6) is 11.5 Å². The van der Waals surface area contributed by atoms with E-state index in [-0.39, 0.29) is 18.1 Å². The topological polar surface area (TPSA) is 48.0 Å². The molecule has 1 aromatic carbocycles. The van der Waals surface area contributed by atoms with Crippen molar-refractivity contribution >= 4 is 5.91 Å². The number of benzene rings is 1. The molecule has 0 saturated carbocycles. The summed E-state index contributed by atoms with van der Waals surface area (Å²) in [7, 11) is 1.66. The van der Waals surface area contributed by atoms with Crippen molar-refractivity contribution in [2.24, 2.45) is 0 Å². The molecule has 2 heterocycles. The van der Waals surface area contributed by atoms with Crippen LogP contribution in [0.25, 0.3) is 0 Å². The van der Waals surface area contributed by atoms with E-state index in [4.69, 9.17) is 14.2 Å². The van der Waals surface area contributed by atoms with E-state index in [2.05, 4.69) is 13.5 Å². The Morgan fingerprint density at radius 1 is 1.52 bits per heavy atom. The Kier molecular flexibility index (Phi) is 4.57. The highest BCUT2D eigenvalue weighted by Crippen LogP contribution is 2.36. The lowest BCUT2D eigenvalue weighted by molar-refractivity contribution is -0.129. The molecule has 3 rings (SSSR count). The fraction of sp³-hybridized carbons (Fsp3) is 0.500. The van der Waals surface area contributed by atoms with E-state index in [0.717, 1.165) is 35.5 Å². The molecule has 0 spiro atoms. The van der Waals surface area contributed by atoms with Gasteiger partial charge in [0.1, 0.15) is 17.6 Å². The van der Waals surface area contributed by atoms with Gasteiger partial charge in [0.15, 0.2) is 0 Å². The number of carbonyl (C=O) groups excluding carboxylic acids is 1. The van der Waals surface area contributed by atoms with Crippen LogP contribution in [0.4, 0.5) is 0 Å². The van der Waals surface area contributed by atoms with Gasteiger partial charge < -0.3 is 19.1 Å². The maximum Gasteiger partial charge on any atom is 0.246 e. The molecule has 1 amide bonds. The number of hydrogen-bond acceptors (Lipinski definition) is 4. The Morgan fingerprint density at radius 2 is 2.35 bits per heavy atom. The molecule has 1 aromatic rings. The van der Waals surface area contributed by atoms with E-state index < -0.39 is 0 Å². The van der Waals surface area contributed by atoms with Gasteiger partial charge in [0.05, 0.1) is 26.3 Å². The Labute approximate surface area is 136 Å². The number of hydrogen-bond donors (Lipinski definition) is 0. The van der Waals surface area contributed by atoms with Gasteiger partial charge in [-0.05, 0) is 31.6 Å². The third-order valence-electron chi connectivity index (χ3n) is 4.44. The van der Waals surface area contributed by atoms with Crippen molar-refractivity contribution in [1.29, 1.82) is 0 Å². The lowest BCUT2D eigenvalue weighted by atomic mass is 10.0. The molecule has 5 heteroatoms. The zero-order valence-corrected chi connectivity index (χ0v) is 13.7. The van der Waals surface area contributed by atoms with Crippen LogP contribution < -0.4 is 9.47 Å². The highest BCUT2D eigenvalue weighted by atomic mass is 16.5. The fourth-order valence-electron chi connectivity index (χ4n) is 3.25. The lowest BCUT2D eigenvalue weighted by Crippen LogP contribution is -2.39. The predicted molar refractivity (Wildman–Crippen MR) is 86.8 cm³/mol. The molecule has 1 fully saturated rings. The van der Waals surface area contributed by atoms with Gasteiger partial charge in [-0.3, -0.25) is 4.79 Å². The summed E-state index contributed by atoms with van der Waals surface area (Å²) in [6, 6.07) is 4.10. The van der Waals surface area contributed by atoms with Crippen LogP contribution in [0.1, 0.15) is 24.5 Å². The second kappa shape index (κ2) is 6.62. The minimum absolute atomic E-state index is 0.0818. The summed E-state index contributed by atoms with van der Waals surface area (Å²) < 4.78 is 16.8. The highest BCUT2D eigenvalue weighted by molar-refractivity contribution is 5.87. The smallest absolute Gasteiger partial charge is 0.246 e. The average Bonchev–Trinajstić information content (AvgIpc) is 3.19. The number of methoxy groups -OCH3 is 1. The SMILES string of the molecule is C=CC(=O)N(Cc1cc2c(cc1OC)CC(C)O2)C1CCOC1. The molecular weight excluding hydrogens is 294 g/mol.